The van der Waals surface area contributed by atoms with Crippen molar-refractivity contribution >= 4 is 5.97 Å². The van der Waals surface area contributed by atoms with Gasteiger partial charge in [0.1, 0.15) is 12.2 Å². The second-order valence-electron chi connectivity index (χ2n) is 8.27. The van der Waals surface area contributed by atoms with E-state index >= 15 is 0 Å². The van der Waals surface area contributed by atoms with Crippen LogP contribution in [0.5, 0.6) is 0 Å². The molecule has 0 heterocycles. The average molecular weight is 423 g/mol. The van der Waals surface area contributed by atoms with Gasteiger partial charge in [-0.2, -0.15) is 22.8 Å². The number of halogens is 4. The maximum atomic E-state index is 13.1. The van der Waals surface area contributed by atoms with Crippen LogP contribution in [0, 0.1) is 23.2 Å². The summed E-state index contributed by atoms with van der Waals surface area (Å²) in [7, 11) is 0. The van der Waals surface area contributed by atoms with Gasteiger partial charge in [-0.1, -0.05) is 12.1 Å². The topological polar surface area (TPSA) is 50.1 Å². The Morgan fingerprint density at radius 1 is 1.00 bits per heavy atom. The molecule has 0 N–H and O–H groups in total. The molecular weight excluding hydrogens is 398 g/mol. The van der Waals surface area contributed by atoms with E-state index in [0.29, 0.717) is 38.5 Å². The van der Waals surface area contributed by atoms with Gasteiger partial charge in [0.25, 0.3) is 0 Å². The minimum Gasteiger partial charge on any atom is -0.462 e. The molecule has 2 aliphatic carbocycles. The zero-order valence-corrected chi connectivity index (χ0v) is 16.6. The van der Waals surface area contributed by atoms with Crippen LogP contribution in [-0.2, 0) is 15.7 Å². The molecule has 7 heteroatoms. The van der Waals surface area contributed by atoms with Crippen molar-refractivity contribution < 1.29 is 27.1 Å². The van der Waals surface area contributed by atoms with Crippen LogP contribution in [0.25, 0.3) is 0 Å². The monoisotopic (exact) mass is 423 g/mol. The molecule has 0 spiro atoms. The highest BCUT2D eigenvalue weighted by Crippen LogP contribution is 2.38. The smallest absolute Gasteiger partial charge is 0.416 e. The van der Waals surface area contributed by atoms with Crippen molar-refractivity contribution in [3.05, 3.63) is 47.3 Å². The number of benzene rings is 1. The third-order valence-corrected chi connectivity index (χ3v) is 6.26. The van der Waals surface area contributed by atoms with E-state index in [1.807, 2.05) is 0 Å². The summed E-state index contributed by atoms with van der Waals surface area (Å²) in [5.74, 6) is -0.972. The Morgan fingerprint density at radius 3 is 2.13 bits per heavy atom. The highest BCUT2D eigenvalue weighted by Gasteiger charge is 2.33. The van der Waals surface area contributed by atoms with Crippen LogP contribution in [0.15, 0.2) is 36.2 Å². The van der Waals surface area contributed by atoms with Crippen LogP contribution in [0.4, 0.5) is 17.6 Å². The fraction of sp³-hybridized carbons (Fsp3) is 0.565. The lowest BCUT2D eigenvalue weighted by molar-refractivity contribution is -0.157. The van der Waals surface area contributed by atoms with Crippen LogP contribution < -0.4 is 0 Å². The van der Waals surface area contributed by atoms with Gasteiger partial charge in [-0.25, -0.2) is 0 Å². The molecular formula is C23H25F4NO2. The van der Waals surface area contributed by atoms with Crippen molar-refractivity contribution in [1.82, 2.24) is 0 Å². The number of hydrogen-bond donors (Lipinski definition) is 0. The van der Waals surface area contributed by atoms with Gasteiger partial charge in [0, 0.05) is 0 Å². The van der Waals surface area contributed by atoms with Crippen LogP contribution >= 0.6 is 0 Å². The van der Waals surface area contributed by atoms with E-state index in [1.165, 1.54) is 24.3 Å². The Bertz CT molecular complexity index is 794. The second kappa shape index (κ2) is 9.63. The summed E-state index contributed by atoms with van der Waals surface area (Å²) < 4.78 is 56.8. The molecule has 2 fully saturated rings. The summed E-state index contributed by atoms with van der Waals surface area (Å²) in [5, 5.41) is 8.51. The number of hydrogen-bond acceptors (Lipinski definition) is 3. The van der Waals surface area contributed by atoms with E-state index < -0.39 is 17.6 Å². The van der Waals surface area contributed by atoms with Crippen LogP contribution in [-0.4, -0.2) is 12.1 Å². The Kier molecular flexibility index (Phi) is 7.17. The molecule has 162 valence electrons. The normalized spacial score (nSPS) is 27.9. The van der Waals surface area contributed by atoms with Crippen molar-refractivity contribution in [3.63, 3.8) is 0 Å². The molecule has 3 nitrogen and oxygen atoms in total. The van der Waals surface area contributed by atoms with Gasteiger partial charge in [0.05, 0.1) is 11.5 Å². The van der Waals surface area contributed by atoms with Gasteiger partial charge in [-0.15, -0.1) is 0 Å². The zero-order chi connectivity index (χ0) is 21.7. The van der Waals surface area contributed by atoms with Gasteiger partial charge in [0.15, 0.2) is 5.83 Å². The maximum Gasteiger partial charge on any atom is 0.416 e. The third kappa shape index (κ3) is 5.84. The lowest BCUT2D eigenvalue weighted by Gasteiger charge is -2.31. The van der Waals surface area contributed by atoms with Crippen molar-refractivity contribution in [3.8, 4) is 6.07 Å². The molecule has 2 aliphatic rings. The minimum atomic E-state index is -4.33. The number of nitriles is 1. The lowest BCUT2D eigenvalue weighted by atomic mass is 9.78. The fourth-order valence-corrected chi connectivity index (χ4v) is 4.48. The highest BCUT2D eigenvalue weighted by atomic mass is 19.4. The average Bonchev–Trinajstić information content (AvgIpc) is 2.74. The van der Waals surface area contributed by atoms with Gasteiger partial charge >= 0.3 is 12.1 Å². The van der Waals surface area contributed by atoms with Gasteiger partial charge in [0.2, 0.25) is 0 Å². The van der Waals surface area contributed by atoms with Crippen LogP contribution in [0.3, 0.4) is 0 Å². The molecule has 1 aromatic carbocycles. The molecule has 3 rings (SSSR count). The first-order valence-corrected chi connectivity index (χ1v) is 10.4. The molecule has 1 aromatic rings. The van der Waals surface area contributed by atoms with Crippen molar-refractivity contribution in [2.75, 3.05) is 0 Å². The number of alkyl halides is 3. The van der Waals surface area contributed by atoms with Crippen LogP contribution in [0.2, 0.25) is 0 Å². The number of carbonyl (C=O) groups is 1. The quantitative estimate of drug-likeness (QED) is 0.317. The van der Waals surface area contributed by atoms with E-state index in [1.54, 1.807) is 0 Å². The SMILES string of the molecule is N#C/C(F)=C\C1CCC(OC(=O)C2CCC(c3ccc(C(F)(F)F)cc3)CC2)CC1. The van der Waals surface area contributed by atoms with E-state index in [-0.39, 0.29) is 29.8 Å². The summed E-state index contributed by atoms with van der Waals surface area (Å²) in [5.41, 5.74) is 0.231. The lowest BCUT2D eigenvalue weighted by Crippen LogP contribution is -2.29. The second-order valence-corrected chi connectivity index (χ2v) is 8.27. The largest absolute Gasteiger partial charge is 0.462 e. The van der Waals surface area contributed by atoms with Crippen LogP contribution in [0.1, 0.15) is 68.4 Å². The first-order chi connectivity index (χ1) is 14.3. The summed E-state index contributed by atoms with van der Waals surface area (Å²) in [6, 6.07) is 6.78. The molecule has 30 heavy (non-hydrogen) atoms. The van der Waals surface area contributed by atoms with Crippen molar-refractivity contribution in [1.29, 1.82) is 5.26 Å². The number of ether oxygens (including phenoxy) is 1. The maximum absolute atomic E-state index is 13.1. The number of esters is 1. The summed E-state index contributed by atoms with van der Waals surface area (Å²) >= 11 is 0. The molecule has 0 amide bonds. The summed E-state index contributed by atoms with van der Waals surface area (Å²) in [6.45, 7) is 0. The molecule has 0 unspecified atom stereocenters. The number of carbonyl (C=O) groups excluding carboxylic acids is 1. The van der Waals surface area contributed by atoms with E-state index in [9.17, 15) is 22.4 Å². The first kappa shape index (κ1) is 22.3. The molecule has 0 bridgehead atoms. The third-order valence-electron chi connectivity index (χ3n) is 6.26. The Morgan fingerprint density at radius 2 is 1.60 bits per heavy atom. The van der Waals surface area contributed by atoms with E-state index in [4.69, 9.17) is 10.00 Å². The van der Waals surface area contributed by atoms with Gasteiger partial charge in [-0.05, 0) is 87.0 Å². The summed E-state index contributed by atoms with van der Waals surface area (Å²) in [4.78, 5) is 12.5. The zero-order valence-electron chi connectivity index (χ0n) is 16.6. The van der Waals surface area contributed by atoms with Crippen molar-refractivity contribution in [2.24, 2.45) is 11.8 Å². The van der Waals surface area contributed by atoms with Gasteiger partial charge in [-0.3, -0.25) is 4.79 Å². The first-order valence-electron chi connectivity index (χ1n) is 10.4. The predicted octanol–water partition coefficient (Wildman–Crippen LogP) is 6.46. The Hall–Kier alpha value is -2.36. The highest BCUT2D eigenvalue weighted by molar-refractivity contribution is 5.72. The fourth-order valence-electron chi connectivity index (χ4n) is 4.48. The molecule has 0 aliphatic heterocycles. The standard InChI is InChI=1S/C23H25F4NO2/c24-20(14-28)13-15-1-11-21(12-2-15)30-22(29)18-5-3-16(4-6-18)17-7-9-19(10-8-17)23(25,26)27/h7-10,13,15-16,18,21H,1-6,11-12H2/b20-13+. The van der Waals surface area contributed by atoms with Crippen molar-refractivity contribution in [2.45, 2.75) is 69.6 Å². The van der Waals surface area contributed by atoms with E-state index in [0.717, 1.165) is 30.5 Å². The number of allylic oxidation sites excluding steroid dienone is 2. The Labute approximate surface area is 173 Å². The molecule has 0 saturated heterocycles. The predicted molar refractivity (Wildman–Crippen MR) is 103 cm³/mol. The Balaban J connectivity index is 1.44. The molecule has 2 saturated carbocycles. The molecule has 0 radical (unpaired) electrons. The number of rotatable bonds is 4. The molecule has 0 atom stereocenters. The number of nitrogens with zero attached hydrogens (tertiary/aromatic N) is 1. The van der Waals surface area contributed by atoms with Gasteiger partial charge < -0.3 is 4.74 Å². The minimum absolute atomic E-state index is 0.0128. The van der Waals surface area contributed by atoms with E-state index in [2.05, 4.69) is 0 Å². The summed E-state index contributed by atoms with van der Waals surface area (Å²) in [6.07, 6.45) is 2.36. The molecule has 0 aromatic heterocycles.